The summed E-state index contributed by atoms with van der Waals surface area (Å²) < 4.78 is 13.6. The number of pyridine rings is 1. The van der Waals surface area contributed by atoms with Gasteiger partial charge >= 0.3 is 0 Å². The lowest BCUT2D eigenvalue weighted by molar-refractivity contribution is -0.132. The highest BCUT2D eigenvalue weighted by Crippen LogP contribution is 2.33. The smallest absolute Gasteiger partial charge is 0.255 e. The third kappa shape index (κ3) is 6.53. The van der Waals surface area contributed by atoms with Gasteiger partial charge in [-0.05, 0) is 60.4 Å². The molecule has 6 nitrogen and oxygen atoms in total. The summed E-state index contributed by atoms with van der Waals surface area (Å²) in [6.45, 7) is 0.640. The van der Waals surface area contributed by atoms with Crippen molar-refractivity contribution in [1.82, 2.24) is 9.88 Å². The molecule has 2 amide bonds. The van der Waals surface area contributed by atoms with Crippen LogP contribution in [-0.4, -0.2) is 28.2 Å². The number of halogens is 3. The van der Waals surface area contributed by atoms with Crippen LogP contribution in [0.25, 0.3) is 0 Å². The highest BCUT2D eigenvalue weighted by molar-refractivity contribution is 6.04. The molecule has 2 aromatic carbocycles. The average molecular weight is 505 g/mol. The lowest BCUT2D eigenvalue weighted by Gasteiger charge is -2.26. The maximum atomic E-state index is 13.6. The summed E-state index contributed by atoms with van der Waals surface area (Å²) in [6, 6.07) is 16.2. The van der Waals surface area contributed by atoms with Crippen LogP contribution in [0.15, 0.2) is 73.1 Å². The van der Waals surface area contributed by atoms with Crippen LogP contribution in [-0.2, 0) is 4.79 Å². The summed E-state index contributed by atoms with van der Waals surface area (Å²) in [5, 5.41) is 2.80. The van der Waals surface area contributed by atoms with E-state index in [-0.39, 0.29) is 54.9 Å². The van der Waals surface area contributed by atoms with Crippen molar-refractivity contribution in [3.63, 3.8) is 0 Å². The van der Waals surface area contributed by atoms with Crippen molar-refractivity contribution < 1.29 is 14.0 Å². The Morgan fingerprint density at radius 2 is 1.79 bits per heavy atom. The molecule has 1 aliphatic rings. The van der Waals surface area contributed by atoms with Crippen LogP contribution in [0.1, 0.15) is 52.8 Å². The van der Waals surface area contributed by atoms with Crippen molar-refractivity contribution in [2.24, 2.45) is 5.73 Å². The Hall–Kier alpha value is -3.00. The molecule has 1 fully saturated rings. The van der Waals surface area contributed by atoms with E-state index in [1.54, 1.807) is 59.8 Å². The van der Waals surface area contributed by atoms with Crippen LogP contribution in [0, 0.1) is 5.82 Å². The molecule has 0 aliphatic carbocycles. The van der Waals surface area contributed by atoms with E-state index < -0.39 is 6.04 Å². The van der Waals surface area contributed by atoms with Crippen LogP contribution in [0.3, 0.4) is 0 Å². The fraction of sp³-hybridized carbons (Fsp3) is 0.240. The molecule has 1 aliphatic heterocycles. The van der Waals surface area contributed by atoms with E-state index in [9.17, 15) is 14.0 Å². The number of hydrogen-bond acceptors (Lipinski definition) is 4. The van der Waals surface area contributed by atoms with Gasteiger partial charge in [0, 0.05) is 42.7 Å². The van der Waals surface area contributed by atoms with Gasteiger partial charge in [0.2, 0.25) is 5.91 Å². The van der Waals surface area contributed by atoms with E-state index in [4.69, 9.17) is 5.73 Å². The van der Waals surface area contributed by atoms with Crippen molar-refractivity contribution in [3.8, 4) is 0 Å². The summed E-state index contributed by atoms with van der Waals surface area (Å²) in [6.07, 6.45) is 5.05. The van der Waals surface area contributed by atoms with E-state index in [1.807, 2.05) is 6.07 Å². The average Bonchev–Trinajstić information content (AvgIpc) is 3.30. The van der Waals surface area contributed by atoms with E-state index in [0.717, 1.165) is 24.0 Å². The first-order valence-corrected chi connectivity index (χ1v) is 10.6. The number of nitrogens with one attached hydrogen (secondary N) is 1. The lowest BCUT2D eigenvalue weighted by Crippen LogP contribution is -2.33. The maximum absolute atomic E-state index is 13.6. The number of nitrogens with zero attached hydrogens (tertiary/aromatic N) is 2. The van der Waals surface area contributed by atoms with Gasteiger partial charge in [-0.3, -0.25) is 14.6 Å². The summed E-state index contributed by atoms with van der Waals surface area (Å²) in [4.78, 5) is 31.1. The Morgan fingerprint density at radius 1 is 1.09 bits per heavy atom. The predicted molar refractivity (Wildman–Crippen MR) is 135 cm³/mol. The molecule has 0 radical (unpaired) electrons. The maximum Gasteiger partial charge on any atom is 0.255 e. The van der Waals surface area contributed by atoms with Gasteiger partial charge in [-0.1, -0.05) is 24.3 Å². The van der Waals surface area contributed by atoms with Crippen LogP contribution >= 0.6 is 24.8 Å². The van der Waals surface area contributed by atoms with Crippen molar-refractivity contribution in [2.45, 2.75) is 31.3 Å². The molecule has 0 spiro atoms. The normalized spacial score (nSPS) is 15.6. The van der Waals surface area contributed by atoms with E-state index in [2.05, 4.69) is 10.3 Å². The molecule has 1 saturated heterocycles. The standard InChI is InChI=1S/C25H25FN4O2.2ClH/c26-20-4-1-3-19(15-20)23-5-2-14-30(23)24(31)16-22(27)17-6-8-18(9-7-17)25(32)29-21-10-12-28-13-11-21;;/h1,3-4,6-13,15,22-23H,2,5,14,16,27H2,(H,28,29,32);2*1H/t22-,23+;;/m1../s1. The molecule has 9 heteroatoms. The van der Waals surface area contributed by atoms with E-state index in [1.165, 1.54) is 12.1 Å². The SMILES string of the molecule is Cl.Cl.N[C@H](CC(=O)N1CCC[C@H]1c1cccc(F)c1)c1ccc(C(=O)Nc2ccncc2)cc1. The second-order valence-corrected chi connectivity index (χ2v) is 7.92. The minimum absolute atomic E-state index is 0. The molecule has 3 N–H and O–H groups in total. The van der Waals surface area contributed by atoms with E-state index >= 15 is 0 Å². The number of carbonyl (C=O) groups is 2. The van der Waals surface area contributed by atoms with Crippen LogP contribution in [0.4, 0.5) is 10.1 Å². The molecule has 2 atom stereocenters. The lowest BCUT2D eigenvalue weighted by atomic mass is 10.0. The zero-order chi connectivity index (χ0) is 22.5. The molecule has 0 bridgehead atoms. The zero-order valence-corrected chi connectivity index (χ0v) is 20.0. The van der Waals surface area contributed by atoms with E-state index in [0.29, 0.717) is 17.8 Å². The van der Waals surface area contributed by atoms with Crippen LogP contribution in [0.2, 0.25) is 0 Å². The molecule has 2 heterocycles. The van der Waals surface area contributed by atoms with Crippen molar-refractivity contribution >= 4 is 42.3 Å². The Kier molecular flexibility index (Phi) is 9.98. The number of aromatic nitrogens is 1. The number of hydrogen-bond donors (Lipinski definition) is 2. The first-order chi connectivity index (χ1) is 15.5. The largest absolute Gasteiger partial charge is 0.336 e. The summed E-state index contributed by atoms with van der Waals surface area (Å²) in [5.74, 6) is -0.585. The summed E-state index contributed by atoms with van der Waals surface area (Å²) >= 11 is 0. The number of anilines is 1. The fourth-order valence-corrected chi connectivity index (χ4v) is 4.07. The Labute approximate surface area is 210 Å². The quantitative estimate of drug-likeness (QED) is 0.490. The number of likely N-dealkylation sites (tertiary alicyclic amines) is 1. The number of carbonyl (C=O) groups excluding carboxylic acids is 2. The molecule has 180 valence electrons. The van der Waals surface area contributed by atoms with Gasteiger partial charge in [0.25, 0.3) is 5.91 Å². The third-order valence-corrected chi connectivity index (χ3v) is 5.74. The number of rotatable bonds is 6. The minimum atomic E-state index is -0.492. The highest BCUT2D eigenvalue weighted by atomic mass is 35.5. The molecule has 0 unspecified atom stereocenters. The molecule has 1 aromatic heterocycles. The Morgan fingerprint density at radius 3 is 2.47 bits per heavy atom. The highest BCUT2D eigenvalue weighted by Gasteiger charge is 2.31. The van der Waals surface area contributed by atoms with Crippen molar-refractivity contribution in [1.29, 1.82) is 0 Å². The van der Waals surface area contributed by atoms with Gasteiger partial charge in [0.1, 0.15) is 5.82 Å². The van der Waals surface area contributed by atoms with Gasteiger partial charge in [-0.25, -0.2) is 4.39 Å². The topological polar surface area (TPSA) is 88.3 Å². The first kappa shape index (κ1) is 27.2. The van der Waals surface area contributed by atoms with Gasteiger partial charge in [-0.2, -0.15) is 0 Å². The molecular formula is C25H27Cl2FN4O2. The Balaban J connectivity index is 0.00000204. The predicted octanol–water partition coefficient (Wildman–Crippen LogP) is 5.07. The van der Waals surface area contributed by atoms with Gasteiger partial charge in [0.15, 0.2) is 0 Å². The summed E-state index contributed by atoms with van der Waals surface area (Å²) in [5.41, 5.74) is 9.06. The monoisotopic (exact) mass is 504 g/mol. The first-order valence-electron chi connectivity index (χ1n) is 10.6. The molecule has 4 rings (SSSR count). The second-order valence-electron chi connectivity index (χ2n) is 7.92. The van der Waals surface area contributed by atoms with Crippen LogP contribution in [0.5, 0.6) is 0 Å². The second kappa shape index (κ2) is 12.5. The molecule has 34 heavy (non-hydrogen) atoms. The number of nitrogens with two attached hydrogens (primary N) is 1. The fourth-order valence-electron chi connectivity index (χ4n) is 4.07. The van der Waals surface area contributed by atoms with Crippen molar-refractivity contribution in [2.75, 3.05) is 11.9 Å². The molecule has 0 saturated carbocycles. The molecular weight excluding hydrogens is 478 g/mol. The Bertz CT molecular complexity index is 1100. The summed E-state index contributed by atoms with van der Waals surface area (Å²) in [7, 11) is 0. The van der Waals surface area contributed by atoms with Crippen LogP contribution < -0.4 is 11.1 Å². The van der Waals surface area contributed by atoms with Crippen molar-refractivity contribution in [3.05, 3.63) is 95.6 Å². The third-order valence-electron chi connectivity index (χ3n) is 5.74. The van der Waals surface area contributed by atoms with Gasteiger partial charge in [-0.15, -0.1) is 24.8 Å². The minimum Gasteiger partial charge on any atom is -0.336 e. The molecule has 3 aromatic rings. The van der Waals surface area contributed by atoms with Gasteiger partial charge < -0.3 is 16.0 Å². The number of benzene rings is 2. The number of amides is 2. The van der Waals surface area contributed by atoms with Gasteiger partial charge in [0.05, 0.1) is 6.04 Å². The zero-order valence-electron chi connectivity index (χ0n) is 18.4.